The third-order valence-electron chi connectivity index (χ3n) is 10.9. The average Bonchev–Trinajstić information content (AvgIpc) is 3.21. The normalized spacial score (nSPS) is 24.1. The third-order valence-corrected chi connectivity index (χ3v) is 11.1. The van der Waals surface area contributed by atoms with Crippen LogP contribution in [-0.4, -0.2) is 89.3 Å². The van der Waals surface area contributed by atoms with E-state index >= 15 is 0 Å². The van der Waals surface area contributed by atoms with E-state index < -0.39 is 35.5 Å². The van der Waals surface area contributed by atoms with Crippen LogP contribution in [0.3, 0.4) is 0 Å². The zero-order valence-corrected chi connectivity index (χ0v) is 35.3. The maximum Gasteiger partial charge on any atom is 0.412 e. The number of aliphatic hydroxyl groups is 2. The number of nitrogens with zero attached hydrogens (tertiary/aromatic N) is 2. The fourth-order valence-electron chi connectivity index (χ4n) is 8.64. The molecule has 2 aliphatic carbocycles. The Kier molecular flexibility index (Phi) is 16.5. The molecule has 12 nitrogen and oxygen atoms in total. The molecule has 58 heavy (non-hydrogen) atoms. The summed E-state index contributed by atoms with van der Waals surface area (Å²) in [6.07, 6.45) is 8.14. The summed E-state index contributed by atoms with van der Waals surface area (Å²) in [6.45, 7) is 12.8. The van der Waals surface area contributed by atoms with E-state index in [1.165, 1.54) is 0 Å². The number of allylic oxidation sites excluding steroid dienone is 1. The molecule has 6 atom stereocenters. The maximum atomic E-state index is 14.1. The van der Waals surface area contributed by atoms with E-state index in [4.69, 9.17) is 40.5 Å². The summed E-state index contributed by atoms with van der Waals surface area (Å²) in [5, 5.41) is 27.4. The number of benzene rings is 2. The molecule has 1 saturated carbocycles. The van der Waals surface area contributed by atoms with Gasteiger partial charge in [-0.1, -0.05) is 67.4 Å². The van der Waals surface area contributed by atoms with Gasteiger partial charge in [0.25, 0.3) is 0 Å². The van der Waals surface area contributed by atoms with Crippen LogP contribution < -0.4 is 14.8 Å². The number of ether oxygens (including phenoxy) is 4. The molecule has 13 heteroatoms. The fraction of sp³-hybridized carbons (Fsp3) is 0.578. The predicted molar refractivity (Wildman–Crippen MR) is 224 cm³/mol. The van der Waals surface area contributed by atoms with Crippen molar-refractivity contribution < 1.29 is 43.6 Å². The van der Waals surface area contributed by atoms with Crippen molar-refractivity contribution in [1.82, 2.24) is 10.2 Å². The minimum Gasteiger partial charge on any atom is -0.459 e. The molecule has 6 unspecified atom stereocenters. The van der Waals surface area contributed by atoms with Crippen molar-refractivity contribution in [1.29, 1.82) is 0 Å². The Bertz CT molecular complexity index is 1730. The number of unbranched alkanes of at least 4 members (excludes halogenated alkanes) is 2. The Balaban J connectivity index is 1.72. The Morgan fingerprint density at radius 3 is 2.50 bits per heavy atom. The van der Waals surface area contributed by atoms with Crippen LogP contribution in [0.15, 0.2) is 78.0 Å². The predicted octanol–water partition coefficient (Wildman–Crippen LogP) is 8.49. The molecule has 3 N–H and O–H groups in total. The quantitative estimate of drug-likeness (QED) is 0.0518. The fourth-order valence-corrected chi connectivity index (χ4v) is 8.72. The van der Waals surface area contributed by atoms with Crippen molar-refractivity contribution in [3.63, 3.8) is 0 Å². The molecule has 5 rings (SSSR count). The lowest BCUT2D eigenvalue weighted by atomic mass is 9.55. The molecule has 2 amide bonds. The molecule has 1 aliphatic heterocycles. The largest absolute Gasteiger partial charge is 0.459 e. The summed E-state index contributed by atoms with van der Waals surface area (Å²) < 4.78 is 25.8. The van der Waals surface area contributed by atoms with E-state index in [1.807, 2.05) is 70.2 Å². The highest BCUT2D eigenvalue weighted by Crippen LogP contribution is 2.62. The first kappa shape index (κ1) is 45.0. The summed E-state index contributed by atoms with van der Waals surface area (Å²) in [5.41, 5.74) is 2.76. The lowest BCUT2D eigenvalue weighted by Gasteiger charge is -2.60. The first-order valence-corrected chi connectivity index (χ1v) is 21.3. The van der Waals surface area contributed by atoms with Crippen molar-refractivity contribution in [2.75, 3.05) is 38.9 Å². The summed E-state index contributed by atoms with van der Waals surface area (Å²) in [4.78, 5) is 35.1. The number of amides is 2. The summed E-state index contributed by atoms with van der Waals surface area (Å²) in [5.74, 6) is -1.15. The van der Waals surface area contributed by atoms with Crippen LogP contribution in [0.5, 0.6) is 11.5 Å². The van der Waals surface area contributed by atoms with Crippen molar-refractivity contribution >= 4 is 29.5 Å². The Morgan fingerprint density at radius 2 is 1.83 bits per heavy atom. The maximum absolute atomic E-state index is 14.1. The van der Waals surface area contributed by atoms with Crippen LogP contribution in [-0.2, 0) is 20.9 Å². The van der Waals surface area contributed by atoms with Crippen molar-refractivity contribution in [3.8, 4) is 11.5 Å². The van der Waals surface area contributed by atoms with E-state index in [2.05, 4.69) is 18.0 Å². The van der Waals surface area contributed by atoms with E-state index in [1.54, 1.807) is 17.0 Å². The van der Waals surface area contributed by atoms with Gasteiger partial charge in [-0.15, -0.1) is 18.2 Å². The van der Waals surface area contributed by atoms with E-state index in [0.717, 1.165) is 42.4 Å². The molecule has 1 heterocycles. The van der Waals surface area contributed by atoms with Gasteiger partial charge in [-0.05, 0) is 94.0 Å². The second-order valence-corrected chi connectivity index (χ2v) is 16.6. The minimum atomic E-state index is -1.44. The number of oxime groups is 1. The highest BCUT2D eigenvalue weighted by molar-refractivity contribution is 6.18. The average molecular weight is 824 g/mol. The van der Waals surface area contributed by atoms with Crippen LogP contribution in [0.25, 0.3) is 0 Å². The van der Waals surface area contributed by atoms with Gasteiger partial charge in [-0.2, -0.15) is 0 Å². The molecule has 3 aliphatic rings. The topological polar surface area (TPSA) is 148 Å². The van der Waals surface area contributed by atoms with E-state index in [0.29, 0.717) is 49.6 Å². The van der Waals surface area contributed by atoms with Crippen LogP contribution >= 0.6 is 11.6 Å². The summed E-state index contributed by atoms with van der Waals surface area (Å²) in [6, 6.07) is 14.3. The molecule has 318 valence electrons. The van der Waals surface area contributed by atoms with Crippen LogP contribution in [0.2, 0.25) is 0 Å². The van der Waals surface area contributed by atoms with Gasteiger partial charge in [-0.25, -0.2) is 9.59 Å². The number of aliphatic hydroxyl groups excluding tert-OH is 2. The van der Waals surface area contributed by atoms with Gasteiger partial charge in [0, 0.05) is 44.2 Å². The molecule has 0 aromatic heterocycles. The first-order valence-electron chi connectivity index (χ1n) is 20.8. The zero-order valence-electron chi connectivity index (χ0n) is 34.5. The molecule has 2 aromatic carbocycles. The number of carbonyl (C=O) groups excluding carboxylic acids is 2. The number of alkyl halides is 1. The Hall–Kier alpha value is -4.10. The Morgan fingerprint density at radius 1 is 1.09 bits per heavy atom. The van der Waals surface area contributed by atoms with Crippen LogP contribution in [0, 0.1) is 17.8 Å². The van der Waals surface area contributed by atoms with Crippen molar-refractivity contribution in [2.24, 2.45) is 22.9 Å². The number of hydrogen-bond acceptors (Lipinski definition) is 10. The summed E-state index contributed by atoms with van der Waals surface area (Å²) in [7, 11) is 0. The Labute approximate surface area is 348 Å². The highest BCUT2D eigenvalue weighted by Gasteiger charge is 2.65. The number of fused-ring (bicyclic) bond motifs is 2. The third kappa shape index (κ3) is 10.9. The van der Waals surface area contributed by atoms with Gasteiger partial charge in [0.2, 0.25) is 5.79 Å². The summed E-state index contributed by atoms with van der Waals surface area (Å²) >= 11 is 6.00. The standard InChI is InChI=1S/C45H62ClN3O9/c1-6-22-49(43(53)54-26-21-46)39-29-37(48-58-44(3,4)5)35-27-32(17-11-13-23-50)34(18-12-14-24-51)40-36-28-33(56-42(52)47-30-31-15-9-8-10-16-31)19-20-38(36)57-45(39,41(35)40)55-25-7-2/h7-10,15-16,19-20,27-28,32,34,39-41,50-51H,2,6,11-14,17-18,21-26,29-30H2,1,3-5H3,(H,47,52). The van der Waals surface area contributed by atoms with Gasteiger partial charge in [0.1, 0.15) is 29.7 Å². The molecule has 0 bridgehead atoms. The van der Waals surface area contributed by atoms with E-state index in [9.17, 15) is 19.8 Å². The van der Waals surface area contributed by atoms with Crippen LogP contribution in [0.4, 0.5) is 9.59 Å². The van der Waals surface area contributed by atoms with E-state index in [-0.39, 0.29) is 56.5 Å². The monoisotopic (exact) mass is 823 g/mol. The molecular formula is C45H62ClN3O9. The molecule has 1 fully saturated rings. The van der Waals surface area contributed by atoms with Crippen molar-refractivity contribution in [3.05, 3.63) is 84.0 Å². The number of halogens is 1. The molecule has 0 saturated heterocycles. The van der Waals surface area contributed by atoms with Gasteiger partial charge >= 0.3 is 12.2 Å². The minimum absolute atomic E-state index is 0.00173. The number of rotatable bonds is 20. The second kappa shape index (κ2) is 21.2. The molecule has 0 spiro atoms. The van der Waals surface area contributed by atoms with Crippen molar-refractivity contribution in [2.45, 2.75) is 109 Å². The number of hydrogen-bond donors (Lipinski definition) is 3. The van der Waals surface area contributed by atoms with Crippen LogP contribution in [0.1, 0.15) is 96.1 Å². The number of carbonyl (C=O) groups is 2. The zero-order chi connectivity index (χ0) is 41.7. The SMILES string of the molecule is C=CCOC12Oc3ccc(OC(=O)NCc4ccccc4)cc3C3C(CCCCO)C(CCCCO)C=C(C(=NOC(C)(C)C)CC1N(CCC)C(=O)OCCCl)C32. The van der Waals surface area contributed by atoms with Gasteiger partial charge < -0.3 is 39.3 Å². The number of nitrogens with one attached hydrogen (secondary N) is 1. The molecule has 0 radical (unpaired) electrons. The first-order chi connectivity index (χ1) is 28.0. The lowest BCUT2D eigenvalue weighted by molar-refractivity contribution is -0.255. The highest BCUT2D eigenvalue weighted by atomic mass is 35.5. The molecule has 2 aromatic rings. The lowest BCUT2D eigenvalue weighted by Crippen LogP contribution is -2.70. The van der Waals surface area contributed by atoms with Gasteiger partial charge in [0.05, 0.1) is 24.1 Å². The second-order valence-electron chi connectivity index (χ2n) is 16.2. The smallest absolute Gasteiger partial charge is 0.412 e. The van der Waals surface area contributed by atoms with Gasteiger partial charge in [-0.3, -0.25) is 4.90 Å². The molecular weight excluding hydrogens is 762 g/mol. The van der Waals surface area contributed by atoms with Gasteiger partial charge in [0.15, 0.2) is 0 Å².